The Kier molecular flexibility index (Phi) is 6.32. The average Bonchev–Trinajstić information content (AvgIpc) is 2.64. The second-order valence-electron chi connectivity index (χ2n) is 5.19. The van der Waals surface area contributed by atoms with Gasteiger partial charge in [0.2, 0.25) is 0 Å². The molecular weight excluding hydrogens is 304 g/mol. The summed E-state index contributed by atoms with van der Waals surface area (Å²) in [5.41, 5.74) is 3.15. The van der Waals surface area contributed by atoms with Gasteiger partial charge in [0.05, 0.1) is 12.7 Å². The largest absolute Gasteiger partial charge is 0.465 e. The Labute approximate surface area is 141 Å². The fourth-order valence-corrected chi connectivity index (χ4v) is 2.24. The van der Waals surface area contributed by atoms with Crippen LogP contribution in [-0.2, 0) is 20.9 Å². The Balaban J connectivity index is 2.05. The number of benzene rings is 2. The lowest BCUT2D eigenvalue weighted by Gasteiger charge is -2.07. The molecule has 2 aromatic carbocycles. The van der Waals surface area contributed by atoms with E-state index >= 15 is 0 Å². The summed E-state index contributed by atoms with van der Waals surface area (Å²) in [5.74, 6) is -0.765. The zero-order chi connectivity index (χ0) is 17.4. The monoisotopic (exact) mass is 324 g/mol. The van der Waals surface area contributed by atoms with Crippen molar-refractivity contribution in [3.8, 4) is 0 Å². The highest BCUT2D eigenvalue weighted by Crippen LogP contribution is 2.19. The maximum absolute atomic E-state index is 12.0. The smallest absolute Gasteiger partial charge is 0.337 e. The molecule has 0 aliphatic rings. The SMILES string of the molecule is CCC(=CC(=O)OCc1ccccc1)c1ccc(C(=O)OC)cc1. The fraction of sp³-hybridized carbons (Fsp3) is 0.200. The van der Waals surface area contributed by atoms with Crippen LogP contribution in [0.3, 0.4) is 0 Å². The molecule has 0 amide bonds. The lowest BCUT2D eigenvalue weighted by molar-refractivity contribution is -0.138. The van der Waals surface area contributed by atoms with Crippen molar-refractivity contribution in [2.45, 2.75) is 20.0 Å². The summed E-state index contributed by atoms with van der Waals surface area (Å²) < 4.78 is 9.95. The molecule has 2 aromatic rings. The van der Waals surface area contributed by atoms with E-state index in [-0.39, 0.29) is 18.5 Å². The van der Waals surface area contributed by atoms with Crippen molar-refractivity contribution in [1.29, 1.82) is 0 Å². The average molecular weight is 324 g/mol. The van der Waals surface area contributed by atoms with Gasteiger partial charge in [-0.25, -0.2) is 9.59 Å². The molecule has 0 aromatic heterocycles. The number of carbonyl (C=O) groups is 2. The molecule has 0 aliphatic carbocycles. The first-order valence-electron chi connectivity index (χ1n) is 7.74. The van der Waals surface area contributed by atoms with Gasteiger partial charge in [0.15, 0.2) is 0 Å². The van der Waals surface area contributed by atoms with Gasteiger partial charge in [0.1, 0.15) is 6.61 Å². The Hall–Kier alpha value is -2.88. The van der Waals surface area contributed by atoms with Gasteiger partial charge in [-0.05, 0) is 35.3 Å². The number of esters is 2. The highest BCUT2D eigenvalue weighted by molar-refractivity contribution is 5.92. The minimum atomic E-state index is -0.383. The third-order valence-corrected chi connectivity index (χ3v) is 3.57. The first-order valence-corrected chi connectivity index (χ1v) is 7.74. The summed E-state index contributed by atoms with van der Waals surface area (Å²) in [6.45, 7) is 2.21. The fourth-order valence-electron chi connectivity index (χ4n) is 2.24. The van der Waals surface area contributed by atoms with E-state index in [1.165, 1.54) is 13.2 Å². The zero-order valence-electron chi connectivity index (χ0n) is 13.8. The second-order valence-corrected chi connectivity index (χ2v) is 5.19. The maximum Gasteiger partial charge on any atom is 0.337 e. The summed E-state index contributed by atoms with van der Waals surface area (Å²) in [6, 6.07) is 16.5. The molecule has 0 radical (unpaired) electrons. The summed E-state index contributed by atoms with van der Waals surface area (Å²) in [5, 5.41) is 0. The van der Waals surface area contributed by atoms with Crippen molar-refractivity contribution < 1.29 is 19.1 Å². The van der Waals surface area contributed by atoms with Crippen LogP contribution in [0, 0.1) is 0 Å². The van der Waals surface area contributed by atoms with Crippen molar-refractivity contribution in [1.82, 2.24) is 0 Å². The van der Waals surface area contributed by atoms with E-state index in [0.717, 1.165) is 16.7 Å². The van der Waals surface area contributed by atoms with Gasteiger partial charge in [-0.15, -0.1) is 0 Å². The van der Waals surface area contributed by atoms with Gasteiger partial charge in [-0.3, -0.25) is 0 Å². The third kappa shape index (κ3) is 4.81. The maximum atomic E-state index is 12.0. The molecule has 4 nitrogen and oxygen atoms in total. The molecule has 0 aliphatic heterocycles. The summed E-state index contributed by atoms with van der Waals surface area (Å²) in [7, 11) is 1.34. The molecule has 4 heteroatoms. The van der Waals surface area contributed by atoms with E-state index < -0.39 is 0 Å². The molecule has 2 rings (SSSR count). The molecule has 124 valence electrons. The van der Waals surface area contributed by atoms with Crippen LogP contribution in [0.2, 0.25) is 0 Å². The zero-order valence-corrected chi connectivity index (χ0v) is 13.8. The van der Waals surface area contributed by atoms with Crippen molar-refractivity contribution in [3.63, 3.8) is 0 Å². The second kappa shape index (κ2) is 8.67. The van der Waals surface area contributed by atoms with Crippen LogP contribution >= 0.6 is 0 Å². The molecule has 0 saturated heterocycles. The van der Waals surface area contributed by atoms with Crippen molar-refractivity contribution in [3.05, 3.63) is 77.4 Å². The van der Waals surface area contributed by atoms with Crippen LogP contribution in [0.4, 0.5) is 0 Å². The Morgan fingerprint density at radius 2 is 1.58 bits per heavy atom. The predicted molar refractivity (Wildman–Crippen MR) is 92.3 cm³/mol. The van der Waals surface area contributed by atoms with E-state index in [1.54, 1.807) is 24.3 Å². The van der Waals surface area contributed by atoms with Gasteiger partial charge in [0, 0.05) is 6.08 Å². The molecule has 0 N–H and O–H groups in total. The highest BCUT2D eigenvalue weighted by atomic mass is 16.5. The number of rotatable bonds is 6. The van der Waals surface area contributed by atoms with Crippen LogP contribution < -0.4 is 0 Å². The lowest BCUT2D eigenvalue weighted by Crippen LogP contribution is -2.03. The summed E-state index contributed by atoms with van der Waals surface area (Å²) in [6.07, 6.45) is 2.17. The number of carbonyl (C=O) groups excluding carboxylic acids is 2. The number of hydrogen-bond donors (Lipinski definition) is 0. The Bertz CT molecular complexity index is 715. The quantitative estimate of drug-likeness (QED) is 0.595. The van der Waals surface area contributed by atoms with Crippen LogP contribution in [0.15, 0.2) is 60.7 Å². The lowest BCUT2D eigenvalue weighted by atomic mass is 10.0. The molecule has 0 saturated carbocycles. The molecule has 24 heavy (non-hydrogen) atoms. The minimum absolute atomic E-state index is 0.244. The van der Waals surface area contributed by atoms with Crippen molar-refractivity contribution in [2.75, 3.05) is 7.11 Å². The summed E-state index contributed by atoms with van der Waals surface area (Å²) in [4.78, 5) is 23.5. The molecule has 0 fully saturated rings. The van der Waals surface area contributed by atoms with Crippen LogP contribution in [0.5, 0.6) is 0 Å². The highest BCUT2D eigenvalue weighted by Gasteiger charge is 2.08. The van der Waals surface area contributed by atoms with E-state index in [4.69, 9.17) is 4.74 Å². The number of ether oxygens (including phenoxy) is 2. The van der Waals surface area contributed by atoms with Gasteiger partial charge < -0.3 is 9.47 Å². The summed E-state index contributed by atoms with van der Waals surface area (Å²) >= 11 is 0. The van der Waals surface area contributed by atoms with E-state index in [0.29, 0.717) is 12.0 Å². The molecule has 0 bridgehead atoms. The minimum Gasteiger partial charge on any atom is -0.465 e. The first-order chi connectivity index (χ1) is 11.6. The first kappa shape index (κ1) is 17.5. The van der Waals surface area contributed by atoms with Crippen molar-refractivity contribution in [2.24, 2.45) is 0 Å². The molecule has 0 unspecified atom stereocenters. The van der Waals surface area contributed by atoms with E-state index in [1.807, 2.05) is 37.3 Å². The van der Waals surface area contributed by atoms with Crippen LogP contribution in [0.1, 0.15) is 34.8 Å². The topological polar surface area (TPSA) is 52.6 Å². The molecular formula is C20H20O4. The van der Waals surface area contributed by atoms with Crippen LogP contribution in [-0.4, -0.2) is 19.0 Å². The number of allylic oxidation sites excluding steroid dienone is 1. The number of methoxy groups -OCH3 is 1. The third-order valence-electron chi connectivity index (χ3n) is 3.57. The van der Waals surface area contributed by atoms with Crippen molar-refractivity contribution >= 4 is 17.5 Å². The van der Waals surface area contributed by atoms with Gasteiger partial charge in [-0.1, -0.05) is 49.4 Å². The number of hydrogen-bond acceptors (Lipinski definition) is 4. The molecule has 0 spiro atoms. The Morgan fingerprint density at radius 3 is 2.17 bits per heavy atom. The van der Waals surface area contributed by atoms with Gasteiger partial charge in [0.25, 0.3) is 0 Å². The van der Waals surface area contributed by atoms with Crippen LogP contribution in [0.25, 0.3) is 5.57 Å². The van der Waals surface area contributed by atoms with Gasteiger partial charge >= 0.3 is 11.9 Å². The Morgan fingerprint density at radius 1 is 0.958 bits per heavy atom. The molecule has 0 heterocycles. The van der Waals surface area contributed by atoms with E-state index in [9.17, 15) is 9.59 Å². The normalized spacial score (nSPS) is 11.0. The van der Waals surface area contributed by atoms with Gasteiger partial charge in [-0.2, -0.15) is 0 Å². The van der Waals surface area contributed by atoms with E-state index in [2.05, 4.69) is 4.74 Å². The predicted octanol–water partition coefficient (Wildman–Crippen LogP) is 4.01. The standard InChI is InChI=1S/C20H20O4/c1-3-16(17-9-11-18(12-10-17)20(22)23-2)13-19(21)24-14-15-7-5-4-6-8-15/h4-13H,3,14H2,1-2H3. The molecule has 0 atom stereocenters.